The average Bonchev–Trinajstić information content (AvgIpc) is 2.71. The van der Waals surface area contributed by atoms with Gasteiger partial charge in [-0.15, -0.1) is 0 Å². The lowest BCUT2D eigenvalue weighted by Crippen LogP contribution is -2.49. The summed E-state index contributed by atoms with van der Waals surface area (Å²) < 4.78 is 0. The van der Waals surface area contributed by atoms with Gasteiger partial charge in [0, 0.05) is 62.5 Å². The maximum absolute atomic E-state index is 12.7. The quantitative estimate of drug-likeness (QED) is 0.769. The number of halogens is 1. The molecule has 6 heteroatoms. The molecular weight excluding hydrogens is 374 g/mol. The first-order valence-electron chi connectivity index (χ1n) is 9.58. The smallest absolute Gasteiger partial charge is 0.224 e. The Morgan fingerprint density at radius 2 is 1.68 bits per heavy atom. The number of carbonyl (C=O) groups excluding carboxylic acids is 2. The van der Waals surface area contributed by atoms with Crippen LogP contribution < -0.4 is 9.80 Å². The van der Waals surface area contributed by atoms with E-state index in [1.54, 1.807) is 11.0 Å². The minimum Gasteiger partial charge on any atom is -0.368 e. The van der Waals surface area contributed by atoms with Crippen molar-refractivity contribution in [3.05, 3.63) is 59.1 Å². The normalized spacial score (nSPS) is 14.1. The molecule has 1 aliphatic heterocycles. The van der Waals surface area contributed by atoms with Crippen LogP contribution in [-0.4, -0.2) is 49.4 Å². The van der Waals surface area contributed by atoms with Crippen LogP contribution in [0.25, 0.3) is 0 Å². The van der Waals surface area contributed by atoms with Crippen LogP contribution in [0.5, 0.6) is 0 Å². The highest BCUT2D eigenvalue weighted by atomic mass is 35.5. The van der Waals surface area contributed by atoms with Gasteiger partial charge < -0.3 is 14.7 Å². The molecule has 0 saturated carbocycles. The number of rotatable bonds is 5. The number of amides is 2. The first kappa shape index (κ1) is 20.2. The van der Waals surface area contributed by atoms with Crippen molar-refractivity contribution >= 4 is 34.8 Å². The fourth-order valence-electron chi connectivity index (χ4n) is 3.55. The molecule has 0 N–H and O–H groups in total. The highest BCUT2D eigenvalue weighted by molar-refractivity contribution is 6.31. The molecule has 28 heavy (non-hydrogen) atoms. The summed E-state index contributed by atoms with van der Waals surface area (Å²) in [6, 6.07) is 15.7. The topological polar surface area (TPSA) is 43.9 Å². The summed E-state index contributed by atoms with van der Waals surface area (Å²) in [7, 11) is 0. The Balaban J connectivity index is 1.57. The third kappa shape index (κ3) is 4.65. The summed E-state index contributed by atoms with van der Waals surface area (Å²) in [5, 5.41) is 0.618. The first-order valence-corrected chi connectivity index (χ1v) is 9.96. The van der Waals surface area contributed by atoms with E-state index in [1.165, 1.54) is 12.6 Å². The van der Waals surface area contributed by atoms with Gasteiger partial charge in [0.1, 0.15) is 0 Å². The predicted octanol–water partition coefficient (Wildman–Crippen LogP) is 3.74. The summed E-state index contributed by atoms with van der Waals surface area (Å²) in [6.07, 6.45) is 0.302. The molecule has 148 valence electrons. The molecule has 0 bridgehead atoms. The Hall–Kier alpha value is -2.53. The third-order valence-corrected chi connectivity index (χ3v) is 5.62. The summed E-state index contributed by atoms with van der Waals surface area (Å²) in [5.41, 5.74) is 2.80. The molecule has 5 nitrogen and oxygen atoms in total. The van der Waals surface area contributed by atoms with Crippen molar-refractivity contribution in [3.8, 4) is 0 Å². The van der Waals surface area contributed by atoms with Crippen LogP contribution in [0.4, 0.5) is 11.4 Å². The van der Waals surface area contributed by atoms with Gasteiger partial charge in [-0.3, -0.25) is 9.59 Å². The molecule has 1 fully saturated rings. The van der Waals surface area contributed by atoms with Crippen LogP contribution in [0, 0.1) is 6.92 Å². The van der Waals surface area contributed by atoms with Gasteiger partial charge in [-0.2, -0.15) is 0 Å². The number of anilines is 2. The molecule has 2 aromatic carbocycles. The van der Waals surface area contributed by atoms with E-state index in [9.17, 15) is 9.59 Å². The van der Waals surface area contributed by atoms with Crippen LogP contribution in [0.2, 0.25) is 5.02 Å². The lowest BCUT2D eigenvalue weighted by Gasteiger charge is -2.36. The third-order valence-electron chi connectivity index (χ3n) is 5.21. The number of para-hydroxylation sites is 1. The molecule has 0 aromatic heterocycles. The SMILES string of the molecule is CC(=O)N(CCC(=O)N1CCN(c2ccccc2)CC1)c1cccc(Cl)c1C. The molecule has 0 radical (unpaired) electrons. The molecule has 1 heterocycles. The number of nitrogens with zero attached hydrogens (tertiary/aromatic N) is 3. The van der Waals surface area contributed by atoms with Gasteiger partial charge in [-0.25, -0.2) is 0 Å². The molecule has 1 saturated heterocycles. The highest BCUT2D eigenvalue weighted by Crippen LogP contribution is 2.27. The van der Waals surface area contributed by atoms with Gasteiger partial charge >= 0.3 is 0 Å². The summed E-state index contributed by atoms with van der Waals surface area (Å²) in [5.74, 6) is -0.00861. The second-order valence-corrected chi connectivity index (χ2v) is 7.42. The molecular formula is C22H26ClN3O2. The van der Waals surface area contributed by atoms with Crippen molar-refractivity contribution in [2.45, 2.75) is 20.3 Å². The molecule has 0 aliphatic carbocycles. The van der Waals surface area contributed by atoms with E-state index >= 15 is 0 Å². The van der Waals surface area contributed by atoms with Gasteiger partial charge in [0.15, 0.2) is 0 Å². The van der Waals surface area contributed by atoms with Gasteiger partial charge in [0.2, 0.25) is 11.8 Å². The zero-order valence-corrected chi connectivity index (χ0v) is 17.2. The maximum Gasteiger partial charge on any atom is 0.224 e. The monoisotopic (exact) mass is 399 g/mol. The molecule has 2 aromatic rings. The molecule has 0 unspecified atom stereocenters. The first-order chi connectivity index (χ1) is 13.5. The fraction of sp³-hybridized carbons (Fsp3) is 0.364. The second kappa shape index (κ2) is 9.11. The largest absolute Gasteiger partial charge is 0.368 e. The van der Waals surface area contributed by atoms with Crippen molar-refractivity contribution < 1.29 is 9.59 Å². The number of carbonyl (C=O) groups is 2. The summed E-state index contributed by atoms with van der Waals surface area (Å²) >= 11 is 6.19. The lowest BCUT2D eigenvalue weighted by atomic mass is 10.1. The summed E-state index contributed by atoms with van der Waals surface area (Å²) in [4.78, 5) is 30.7. The van der Waals surface area contributed by atoms with Crippen LogP contribution in [-0.2, 0) is 9.59 Å². The molecule has 0 atom stereocenters. The highest BCUT2D eigenvalue weighted by Gasteiger charge is 2.23. The van der Waals surface area contributed by atoms with E-state index in [1.807, 2.05) is 42.2 Å². The predicted molar refractivity (Wildman–Crippen MR) is 114 cm³/mol. The van der Waals surface area contributed by atoms with Gasteiger partial charge in [0.05, 0.1) is 0 Å². The second-order valence-electron chi connectivity index (χ2n) is 7.01. The maximum atomic E-state index is 12.7. The lowest BCUT2D eigenvalue weighted by molar-refractivity contribution is -0.131. The van der Waals surface area contributed by atoms with E-state index in [4.69, 9.17) is 11.6 Å². The van der Waals surface area contributed by atoms with Crippen LogP contribution in [0.3, 0.4) is 0 Å². The number of benzene rings is 2. The van der Waals surface area contributed by atoms with Gasteiger partial charge in [-0.1, -0.05) is 35.9 Å². The Labute approximate surface area is 171 Å². The van der Waals surface area contributed by atoms with E-state index < -0.39 is 0 Å². The van der Waals surface area contributed by atoms with Gasteiger partial charge in [0.25, 0.3) is 0 Å². The molecule has 2 amide bonds. The van der Waals surface area contributed by atoms with Crippen molar-refractivity contribution in [3.63, 3.8) is 0 Å². The van der Waals surface area contributed by atoms with Crippen molar-refractivity contribution in [1.82, 2.24) is 4.90 Å². The van der Waals surface area contributed by atoms with Crippen molar-refractivity contribution in [2.75, 3.05) is 42.5 Å². The van der Waals surface area contributed by atoms with Crippen molar-refractivity contribution in [2.24, 2.45) is 0 Å². The summed E-state index contributed by atoms with van der Waals surface area (Å²) in [6.45, 7) is 6.79. The minimum atomic E-state index is -0.0907. The van der Waals surface area contributed by atoms with Crippen LogP contribution in [0.1, 0.15) is 18.9 Å². The van der Waals surface area contributed by atoms with E-state index in [-0.39, 0.29) is 11.8 Å². The zero-order valence-electron chi connectivity index (χ0n) is 16.4. The van der Waals surface area contributed by atoms with Crippen molar-refractivity contribution in [1.29, 1.82) is 0 Å². The van der Waals surface area contributed by atoms with E-state index in [0.717, 1.165) is 24.3 Å². The van der Waals surface area contributed by atoms with Crippen LogP contribution >= 0.6 is 11.6 Å². The molecule has 0 spiro atoms. The molecule has 1 aliphatic rings. The fourth-order valence-corrected chi connectivity index (χ4v) is 3.72. The Morgan fingerprint density at radius 3 is 2.32 bits per heavy atom. The average molecular weight is 400 g/mol. The number of piperazine rings is 1. The number of hydrogen-bond acceptors (Lipinski definition) is 3. The minimum absolute atomic E-state index is 0.0821. The Bertz CT molecular complexity index is 833. The zero-order chi connectivity index (χ0) is 20.1. The Kier molecular flexibility index (Phi) is 6.57. The Morgan fingerprint density at radius 1 is 1.00 bits per heavy atom. The van der Waals surface area contributed by atoms with Crippen LogP contribution in [0.15, 0.2) is 48.5 Å². The van der Waals surface area contributed by atoms with Gasteiger partial charge in [-0.05, 0) is 36.8 Å². The standard InChI is InChI=1S/C22H26ClN3O2/c1-17-20(23)9-6-10-21(17)26(18(2)27)12-11-22(28)25-15-13-24(14-16-25)19-7-4-3-5-8-19/h3-10H,11-16H2,1-2H3. The van der Waals surface area contributed by atoms with E-state index in [2.05, 4.69) is 17.0 Å². The number of hydrogen-bond donors (Lipinski definition) is 0. The van der Waals surface area contributed by atoms with E-state index in [0.29, 0.717) is 31.1 Å². The molecule has 3 rings (SSSR count).